The second kappa shape index (κ2) is 16.0. The average Bonchev–Trinajstić information content (AvgIpc) is 3.74. The number of H-pyrrole nitrogens is 1. The van der Waals surface area contributed by atoms with Crippen molar-refractivity contribution in [1.29, 1.82) is 0 Å². The van der Waals surface area contributed by atoms with Gasteiger partial charge in [-0.1, -0.05) is 99.1 Å². The fourth-order valence-electron chi connectivity index (χ4n) is 7.00. The minimum absolute atomic E-state index is 0.0163. The van der Waals surface area contributed by atoms with Crippen LogP contribution in [0.3, 0.4) is 0 Å². The van der Waals surface area contributed by atoms with Gasteiger partial charge in [0.1, 0.15) is 17.1 Å². The van der Waals surface area contributed by atoms with Gasteiger partial charge < -0.3 is 23.3 Å². The Hall–Kier alpha value is -4.04. The molecule has 15 heteroatoms. The molecule has 3 heterocycles. The number of benzene rings is 3. The van der Waals surface area contributed by atoms with E-state index in [1.54, 1.807) is 44.0 Å². The van der Waals surface area contributed by atoms with Crippen LogP contribution in [0.15, 0.2) is 90.0 Å². The summed E-state index contributed by atoms with van der Waals surface area (Å²) in [5, 5.41) is 2.70. The van der Waals surface area contributed by atoms with Crippen LogP contribution in [0.4, 0.5) is 5.95 Å². The molecule has 1 aliphatic heterocycles. The fourth-order valence-corrected chi connectivity index (χ4v) is 13.8. The summed E-state index contributed by atoms with van der Waals surface area (Å²) in [7, 11) is 3.26. The first-order valence-electron chi connectivity index (χ1n) is 18.0. The summed E-state index contributed by atoms with van der Waals surface area (Å²) in [6, 6.07) is 25.4. The highest BCUT2D eigenvalue weighted by atomic mass is 32.9. The number of hydrogen-bond donors (Lipinski definition) is 2. The number of fused-ring (bicyclic) bond motifs is 1. The molecule has 1 saturated heterocycles. The quantitative estimate of drug-likeness (QED) is 0.0687. The summed E-state index contributed by atoms with van der Waals surface area (Å²) < 4.78 is 33.6. The Morgan fingerprint density at radius 3 is 2.19 bits per heavy atom. The SMILES string of the molecule is COc1ccc(C(OC(Cn2cnc3c(=O)[nH]c(NC(=O)C(C)C)nc32)OP2(=S)OCC3(CCCCC3)S2)(c2ccccc2)c2ccc(OC)cc2)cc1. The molecule has 0 radical (unpaired) electrons. The molecule has 12 nitrogen and oxygen atoms in total. The second-order valence-electron chi connectivity index (χ2n) is 13.8. The second-order valence-corrected chi connectivity index (χ2v) is 20.4. The van der Waals surface area contributed by atoms with Crippen molar-refractivity contribution in [2.45, 2.75) is 69.1 Å². The van der Waals surface area contributed by atoms with Crippen LogP contribution in [0.1, 0.15) is 62.6 Å². The predicted octanol–water partition coefficient (Wildman–Crippen LogP) is 7.77. The summed E-state index contributed by atoms with van der Waals surface area (Å²) in [6.45, 7) is 4.07. The minimum Gasteiger partial charge on any atom is -0.497 e. The Morgan fingerprint density at radius 2 is 1.59 bits per heavy atom. The lowest BCUT2D eigenvalue weighted by molar-refractivity contribution is -0.149. The zero-order valence-electron chi connectivity index (χ0n) is 30.7. The Morgan fingerprint density at radius 1 is 0.981 bits per heavy atom. The highest BCUT2D eigenvalue weighted by Crippen LogP contribution is 2.74. The topological polar surface area (TPSA) is 139 Å². The van der Waals surface area contributed by atoms with Crippen molar-refractivity contribution in [3.05, 3.63) is 112 Å². The van der Waals surface area contributed by atoms with E-state index in [-0.39, 0.29) is 40.2 Å². The molecule has 1 aliphatic carbocycles. The van der Waals surface area contributed by atoms with Gasteiger partial charge >= 0.3 is 0 Å². The molecule has 1 spiro atoms. The number of amides is 1. The van der Waals surface area contributed by atoms with Crippen molar-refractivity contribution in [2.24, 2.45) is 5.92 Å². The molecule has 2 aromatic heterocycles. The number of methoxy groups -OCH3 is 2. The van der Waals surface area contributed by atoms with Gasteiger partial charge in [0.15, 0.2) is 17.5 Å². The van der Waals surface area contributed by atoms with E-state index in [2.05, 4.69) is 20.3 Å². The van der Waals surface area contributed by atoms with Gasteiger partial charge in [-0.3, -0.25) is 24.4 Å². The molecule has 2 unspecified atom stereocenters. The van der Waals surface area contributed by atoms with Crippen molar-refractivity contribution in [3.63, 3.8) is 0 Å². The third-order valence-corrected chi connectivity index (χ3v) is 15.6. The van der Waals surface area contributed by atoms with Crippen LogP contribution in [0.2, 0.25) is 0 Å². The molecule has 2 N–H and O–H groups in total. The summed E-state index contributed by atoms with van der Waals surface area (Å²) in [6.07, 6.45) is 5.93. The van der Waals surface area contributed by atoms with E-state index in [1.807, 2.05) is 78.9 Å². The number of nitrogens with one attached hydrogen (secondary N) is 2. The zero-order valence-corrected chi connectivity index (χ0v) is 33.2. The number of hydrogen-bond acceptors (Lipinski definition) is 11. The maximum absolute atomic E-state index is 13.2. The van der Waals surface area contributed by atoms with Crippen LogP contribution in [0, 0.1) is 5.92 Å². The molecule has 54 heavy (non-hydrogen) atoms. The largest absolute Gasteiger partial charge is 0.497 e. The number of imidazole rings is 1. The first-order valence-corrected chi connectivity index (χ1v) is 22.0. The van der Waals surface area contributed by atoms with Crippen LogP contribution in [0.25, 0.3) is 11.2 Å². The minimum atomic E-state index is -2.97. The molecule has 3 aromatic carbocycles. The smallest absolute Gasteiger partial charge is 0.280 e. The van der Waals surface area contributed by atoms with Crippen LogP contribution < -0.4 is 20.3 Å². The number of carbonyl (C=O) groups excluding carboxylic acids is 1. The Kier molecular flexibility index (Phi) is 11.3. The van der Waals surface area contributed by atoms with E-state index in [4.69, 9.17) is 35.1 Å². The van der Waals surface area contributed by atoms with Gasteiger partial charge in [0.2, 0.25) is 17.5 Å². The molecular weight excluding hydrogens is 746 g/mol. The number of nitrogens with zero attached hydrogens (tertiary/aromatic N) is 3. The molecule has 2 aliphatic rings. The van der Waals surface area contributed by atoms with Crippen molar-refractivity contribution in [1.82, 2.24) is 19.5 Å². The van der Waals surface area contributed by atoms with Crippen molar-refractivity contribution >= 4 is 51.9 Å². The predicted molar refractivity (Wildman–Crippen MR) is 214 cm³/mol. The molecule has 2 atom stereocenters. The number of ether oxygens (including phenoxy) is 3. The van der Waals surface area contributed by atoms with Gasteiger partial charge in [0.05, 0.1) is 33.7 Å². The zero-order chi connectivity index (χ0) is 37.9. The third kappa shape index (κ3) is 7.87. The van der Waals surface area contributed by atoms with E-state index in [0.29, 0.717) is 18.1 Å². The van der Waals surface area contributed by atoms with E-state index in [1.165, 1.54) is 12.7 Å². The number of carbonyl (C=O) groups is 1. The molecule has 2 fully saturated rings. The summed E-state index contributed by atoms with van der Waals surface area (Å²) in [5.74, 6) is 0.780. The lowest BCUT2D eigenvalue weighted by Crippen LogP contribution is -2.39. The van der Waals surface area contributed by atoms with E-state index in [9.17, 15) is 9.59 Å². The molecule has 0 bridgehead atoms. The van der Waals surface area contributed by atoms with Gasteiger partial charge in [-0.05, 0) is 65.6 Å². The number of rotatable bonds is 13. The molecule has 1 saturated carbocycles. The van der Waals surface area contributed by atoms with Gasteiger partial charge in [0, 0.05) is 10.7 Å². The number of aromatic nitrogens is 4. The first kappa shape index (κ1) is 38.2. The fraction of sp³-hybridized carbons (Fsp3) is 0.385. The highest BCUT2D eigenvalue weighted by molar-refractivity contribution is 8.68. The van der Waals surface area contributed by atoms with Crippen LogP contribution in [-0.2, 0) is 42.5 Å². The van der Waals surface area contributed by atoms with Crippen LogP contribution in [0.5, 0.6) is 11.5 Å². The Balaban J connectivity index is 1.37. The van der Waals surface area contributed by atoms with Gasteiger partial charge in [-0.25, -0.2) is 4.98 Å². The number of aromatic amines is 1. The van der Waals surface area contributed by atoms with Crippen LogP contribution >= 0.6 is 17.1 Å². The van der Waals surface area contributed by atoms with Gasteiger partial charge in [-0.15, -0.1) is 0 Å². The molecule has 1 amide bonds. The molecule has 284 valence electrons. The summed E-state index contributed by atoms with van der Waals surface area (Å²) in [5.41, 5.74) is -1.93. The standard InChI is InChI=1S/C39H44N5O7PS2/c1-26(2)35(45)42-37-41-34-33(36(46)43-37)40-25-44(34)23-32(51-52(53)49-24-38(54-52)21-9-6-10-22-38)50-39(27-11-7-5-8-12-27,28-13-17-30(47-3)18-14-28)29-15-19-31(48-4)20-16-29/h5,7-8,11-20,25-26,32H,6,9-10,21-24H2,1-4H3,(H2,41,42,43,45,46). The maximum atomic E-state index is 13.2. The van der Waals surface area contributed by atoms with Crippen LogP contribution in [-0.4, -0.2) is 57.3 Å². The van der Waals surface area contributed by atoms with E-state index in [0.717, 1.165) is 42.4 Å². The highest BCUT2D eigenvalue weighted by Gasteiger charge is 2.49. The summed E-state index contributed by atoms with van der Waals surface area (Å²) >= 11 is 7.92. The van der Waals surface area contributed by atoms with Crippen molar-refractivity contribution < 1.29 is 28.1 Å². The van der Waals surface area contributed by atoms with Gasteiger partial charge in [-0.2, -0.15) is 4.98 Å². The van der Waals surface area contributed by atoms with Gasteiger partial charge in [0.25, 0.3) is 5.56 Å². The average molecular weight is 790 g/mol. The normalized spacial score (nSPS) is 18.9. The Labute approximate surface area is 323 Å². The van der Waals surface area contributed by atoms with E-state index < -0.39 is 23.1 Å². The lowest BCUT2D eigenvalue weighted by Gasteiger charge is -2.39. The van der Waals surface area contributed by atoms with Crippen molar-refractivity contribution in [2.75, 3.05) is 26.1 Å². The molecular formula is C39H44N5O7PS2. The van der Waals surface area contributed by atoms with E-state index >= 15 is 0 Å². The Bertz CT molecular complexity index is 2140. The third-order valence-electron chi connectivity index (χ3n) is 9.87. The summed E-state index contributed by atoms with van der Waals surface area (Å²) in [4.78, 5) is 37.4. The van der Waals surface area contributed by atoms with Crippen molar-refractivity contribution in [3.8, 4) is 11.5 Å². The lowest BCUT2D eigenvalue weighted by atomic mass is 9.80. The molecule has 5 aromatic rings. The number of anilines is 1. The monoisotopic (exact) mass is 789 g/mol. The maximum Gasteiger partial charge on any atom is 0.280 e. The molecule has 7 rings (SSSR count). The first-order chi connectivity index (χ1) is 26.0.